The predicted molar refractivity (Wildman–Crippen MR) is 65.9 cm³/mol. The number of allylic oxidation sites excluding steroid dienone is 1. The molecule has 1 aliphatic heterocycles. The fourth-order valence-corrected chi connectivity index (χ4v) is 1.86. The van der Waals surface area contributed by atoms with Gasteiger partial charge < -0.3 is 14.6 Å². The van der Waals surface area contributed by atoms with Crippen LogP contribution in [-0.4, -0.2) is 22.8 Å². The number of esters is 2. The summed E-state index contributed by atoms with van der Waals surface area (Å²) in [6.07, 6.45) is -0.705. The van der Waals surface area contributed by atoms with E-state index >= 15 is 0 Å². The van der Waals surface area contributed by atoms with Gasteiger partial charge in [0.1, 0.15) is 5.76 Å². The molecule has 0 atom stereocenters. The van der Waals surface area contributed by atoms with Gasteiger partial charge in [0.05, 0.1) is 0 Å². The summed E-state index contributed by atoms with van der Waals surface area (Å²) in [6.45, 7) is 2.62. The van der Waals surface area contributed by atoms with Gasteiger partial charge in [0.2, 0.25) is 0 Å². The van der Waals surface area contributed by atoms with Crippen molar-refractivity contribution in [3.8, 4) is 0 Å². The molecule has 1 saturated heterocycles. The van der Waals surface area contributed by atoms with Crippen molar-refractivity contribution in [3.63, 3.8) is 0 Å². The van der Waals surface area contributed by atoms with E-state index in [-0.39, 0.29) is 0 Å². The minimum Gasteiger partial charge on any atom is -0.511 e. The zero-order valence-corrected chi connectivity index (χ0v) is 11.6. The molecule has 0 amide bonds. The first kappa shape index (κ1) is 15.9. The van der Waals surface area contributed by atoms with Crippen molar-refractivity contribution in [2.75, 3.05) is 0 Å². The van der Waals surface area contributed by atoms with E-state index in [4.69, 9.17) is 9.47 Å². The number of aliphatic hydroxyl groups excluding tert-OH is 1. The summed E-state index contributed by atoms with van der Waals surface area (Å²) < 4.78 is 49.0. The molecular weight excluding hydrogens is 305 g/mol. The molecule has 0 bridgehead atoms. The van der Waals surface area contributed by atoms with E-state index in [0.29, 0.717) is 6.07 Å². The van der Waals surface area contributed by atoms with Gasteiger partial charge in [0.15, 0.2) is 23.0 Å². The van der Waals surface area contributed by atoms with Crippen LogP contribution in [0.15, 0.2) is 23.5 Å². The number of rotatable bonds is 2. The number of hydrogen-bond acceptors (Lipinski definition) is 5. The maximum absolute atomic E-state index is 13.5. The Morgan fingerprint density at radius 3 is 2.18 bits per heavy atom. The number of hydrogen-bond donors (Lipinski definition) is 1. The molecule has 118 valence electrons. The Kier molecular flexibility index (Phi) is 3.87. The molecule has 2 rings (SSSR count). The molecule has 0 aromatic heterocycles. The van der Waals surface area contributed by atoms with Crippen LogP contribution >= 0.6 is 0 Å². The summed E-state index contributed by atoms with van der Waals surface area (Å²) in [6, 6.07) is 1.54. The molecule has 0 aliphatic carbocycles. The van der Waals surface area contributed by atoms with Crippen molar-refractivity contribution in [2.24, 2.45) is 0 Å². The smallest absolute Gasteiger partial charge is 0.352 e. The topological polar surface area (TPSA) is 72.8 Å². The second kappa shape index (κ2) is 5.36. The normalized spacial score (nSPS) is 17.0. The third-order valence-corrected chi connectivity index (χ3v) is 2.85. The van der Waals surface area contributed by atoms with Gasteiger partial charge in [0, 0.05) is 20.3 Å². The first-order valence-corrected chi connectivity index (χ1v) is 6.13. The number of halogens is 3. The van der Waals surface area contributed by atoms with Crippen LogP contribution in [0.3, 0.4) is 0 Å². The minimum absolute atomic E-state index is 0.436. The van der Waals surface area contributed by atoms with Crippen LogP contribution < -0.4 is 0 Å². The monoisotopic (exact) mass is 316 g/mol. The molecule has 0 radical (unpaired) electrons. The number of ether oxygens (including phenoxy) is 2. The maximum Gasteiger partial charge on any atom is 0.352 e. The Balaban J connectivity index is 2.36. The van der Waals surface area contributed by atoms with Gasteiger partial charge in [-0.3, -0.25) is 0 Å². The lowest BCUT2D eigenvalue weighted by atomic mass is 10.1. The Morgan fingerprint density at radius 1 is 1.09 bits per heavy atom. The standard InChI is InChI=1S/C14H11F3O5/c1-14(2)21-12(19)9(13(20)22-14)8(18)5-6-3-4-7(15)11(17)10(6)16/h3-4,18H,5H2,1-2H3. The average Bonchev–Trinajstić information content (AvgIpc) is 2.37. The van der Waals surface area contributed by atoms with Crippen LogP contribution in [0.5, 0.6) is 0 Å². The molecule has 0 unspecified atom stereocenters. The molecule has 8 heteroatoms. The van der Waals surface area contributed by atoms with Gasteiger partial charge in [0.25, 0.3) is 5.79 Å². The van der Waals surface area contributed by atoms with Crippen LogP contribution in [0.4, 0.5) is 13.2 Å². The molecule has 0 saturated carbocycles. The van der Waals surface area contributed by atoms with E-state index in [1.807, 2.05) is 0 Å². The highest BCUT2D eigenvalue weighted by Gasteiger charge is 2.41. The summed E-state index contributed by atoms with van der Waals surface area (Å²) in [4.78, 5) is 23.4. The van der Waals surface area contributed by atoms with E-state index in [0.717, 1.165) is 6.07 Å². The highest BCUT2D eigenvalue weighted by Crippen LogP contribution is 2.26. The van der Waals surface area contributed by atoms with Gasteiger partial charge >= 0.3 is 11.9 Å². The van der Waals surface area contributed by atoms with Gasteiger partial charge in [-0.1, -0.05) is 6.07 Å². The van der Waals surface area contributed by atoms with Crippen LogP contribution in [0.2, 0.25) is 0 Å². The number of benzene rings is 1. The summed E-state index contributed by atoms with van der Waals surface area (Å²) in [5.74, 6) is -9.30. The lowest BCUT2D eigenvalue weighted by Crippen LogP contribution is -2.42. The van der Waals surface area contributed by atoms with Crippen molar-refractivity contribution in [1.29, 1.82) is 0 Å². The molecule has 1 aliphatic rings. The lowest BCUT2D eigenvalue weighted by molar-refractivity contribution is -0.222. The van der Waals surface area contributed by atoms with Crippen LogP contribution in [-0.2, 0) is 25.5 Å². The van der Waals surface area contributed by atoms with E-state index < -0.39 is 58.5 Å². The summed E-state index contributed by atoms with van der Waals surface area (Å²) in [5.41, 5.74) is -1.25. The number of cyclic esters (lactones) is 2. The highest BCUT2D eigenvalue weighted by atomic mass is 19.2. The number of carbonyl (C=O) groups excluding carboxylic acids is 2. The van der Waals surface area contributed by atoms with Crippen LogP contribution in [0.1, 0.15) is 19.4 Å². The Hall–Kier alpha value is -2.51. The molecule has 1 aromatic carbocycles. The van der Waals surface area contributed by atoms with Crippen molar-refractivity contribution in [2.45, 2.75) is 26.1 Å². The maximum atomic E-state index is 13.5. The van der Waals surface area contributed by atoms with Crippen LogP contribution in [0, 0.1) is 17.5 Å². The molecule has 1 N–H and O–H groups in total. The molecule has 1 aromatic rings. The molecule has 0 spiro atoms. The number of aliphatic hydroxyl groups is 1. The first-order valence-electron chi connectivity index (χ1n) is 6.13. The largest absolute Gasteiger partial charge is 0.511 e. The minimum atomic E-state index is -1.72. The van der Waals surface area contributed by atoms with Crippen molar-refractivity contribution in [3.05, 3.63) is 46.5 Å². The third kappa shape index (κ3) is 2.90. The summed E-state index contributed by atoms with van der Waals surface area (Å²) in [7, 11) is 0. The second-order valence-electron chi connectivity index (χ2n) is 5.01. The summed E-state index contributed by atoms with van der Waals surface area (Å²) in [5, 5.41) is 9.82. The van der Waals surface area contributed by atoms with Gasteiger partial charge in [-0.25, -0.2) is 22.8 Å². The molecule has 1 heterocycles. The fourth-order valence-electron chi connectivity index (χ4n) is 1.86. The molecule has 1 fully saturated rings. The Labute approximate surface area is 122 Å². The van der Waals surface area contributed by atoms with Crippen LogP contribution in [0.25, 0.3) is 0 Å². The quantitative estimate of drug-likeness (QED) is 0.298. The van der Waals surface area contributed by atoms with E-state index in [1.54, 1.807) is 0 Å². The zero-order valence-electron chi connectivity index (χ0n) is 11.6. The van der Waals surface area contributed by atoms with Crippen molar-refractivity contribution < 1.29 is 37.3 Å². The van der Waals surface area contributed by atoms with E-state index in [2.05, 4.69) is 0 Å². The van der Waals surface area contributed by atoms with E-state index in [9.17, 15) is 27.9 Å². The summed E-state index contributed by atoms with van der Waals surface area (Å²) >= 11 is 0. The molecular formula is C14H11F3O5. The molecule has 22 heavy (non-hydrogen) atoms. The van der Waals surface area contributed by atoms with Gasteiger partial charge in [-0.05, 0) is 11.6 Å². The zero-order chi connectivity index (χ0) is 16.7. The highest BCUT2D eigenvalue weighted by molar-refractivity contribution is 6.15. The second-order valence-corrected chi connectivity index (χ2v) is 5.01. The van der Waals surface area contributed by atoms with E-state index in [1.165, 1.54) is 13.8 Å². The van der Waals surface area contributed by atoms with Gasteiger partial charge in [-0.15, -0.1) is 0 Å². The first-order chi connectivity index (χ1) is 10.1. The Bertz CT molecular complexity index is 672. The fraction of sp³-hybridized carbons (Fsp3) is 0.286. The SMILES string of the molecule is CC1(C)OC(=O)C(=C(O)Cc2ccc(F)c(F)c2F)C(=O)O1. The van der Waals surface area contributed by atoms with Gasteiger partial charge in [-0.2, -0.15) is 0 Å². The molecule has 5 nitrogen and oxygen atoms in total. The van der Waals surface area contributed by atoms with Crippen molar-refractivity contribution in [1.82, 2.24) is 0 Å². The van der Waals surface area contributed by atoms with Crippen molar-refractivity contribution >= 4 is 11.9 Å². The third-order valence-electron chi connectivity index (χ3n) is 2.85. The number of carbonyl (C=O) groups is 2. The Morgan fingerprint density at radius 2 is 1.64 bits per heavy atom. The predicted octanol–water partition coefficient (Wildman–Crippen LogP) is 2.29. The lowest BCUT2D eigenvalue weighted by Gasteiger charge is -2.30. The average molecular weight is 316 g/mol.